The van der Waals surface area contributed by atoms with Crippen LogP contribution in [0.15, 0.2) is 18.3 Å². The Morgan fingerprint density at radius 2 is 2.35 bits per heavy atom. The highest BCUT2D eigenvalue weighted by Gasteiger charge is 2.23. The number of fused-ring (bicyclic) bond motifs is 1. The van der Waals surface area contributed by atoms with Crippen LogP contribution in [-0.4, -0.2) is 31.5 Å². The standard InChI is InChI=1S/C11H12N4OS/c1-8-6-9-7-14(4-5-15(9)13-8)11(16)10-2-3-12-17-10/h2-3,6H,4-5,7H2,1H3. The van der Waals surface area contributed by atoms with Crippen LogP contribution in [0.25, 0.3) is 0 Å². The van der Waals surface area contributed by atoms with Crippen LogP contribution in [0.2, 0.25) is 0 Å². The van der Waals surface area contributed by atoms with Gasteiger partial charge in [-0.05, 0) is 30.6 Å². The SMILES string of the molecule is Cc1cc2n(n1)CCN(C(=O)c1ccns1)C2. The molecule has 0 atom stereocenters. The maximum Gasteiger partial charge on any atom is 0.265 e. The van der Waals surface area contributed by atoms with Gasteiger partial charge in [0, 0.05) is 12.7 Å². The monoisotopic (exact) mass is 248 g/mol. The fraction of sp³-hybridized carbons (Fsp3) is 0.364. The zero-order valence-corrected chi connectivity index (χ0v) is 10.3. The zero-order chi connectivity index (χ0) is 11.8. The number of amides is 1. The van der Waals surface area contributed by atoms with Gasteiger partial charge in [0.1, 0.15) is 4.88 Å². The minimum atomic E-state index is 0.0672. The molecule has 0 aliphatic carbocycles. The fourth-order valence-corrected chi connectivity index (χ4v) is 2.63. The first-order valence-corrected chi connectivity index (χ1v) is 6.24. The van der Waals surface area contributed by atoms with Crippen molar-refractivity contribution in [3.8, 4) is 0 Å². The average Bonchev–Trinajstić information content (AvgIpc) is 2.94. The van der Waals surface area contributed by atoms with E-state index in [1.54, 1.807) is 12.3 Å². The molecule has 88 valence electrons. The molecule has 0 fully saturated rings. The lowest BCUT2D eigenvalue weighted by Crippen LogP contribution is -2.38. The van der Waals surface area contributed by atoms with Crippen molar-refractivity contribution >= 4 is 17.4 Å². The van der Waals surface area contributed by atoms with Crippen LogP contribution < -0.4 is 0 Å². The molecule has 1 aliphatic rings. The summed E-state index contributed by atoms with van der Waals surface area (Å²) in [7, 11) is 0. The maximum atomic E-state index is 12.1. The Morgan fingerprint density at radius 1 is 1.47 bits per heavy atom. The molecule has 0 radical (unpaired) electrons. The molecule has 2 aromatic rings. The molecule has 3 rings (SSSR count). The van der Waals surface area contributed by atoms with E-state index in [0.29, 0.717) is 18.0 Å². The third-order valence-electron chi connectivity index (χ3n) is 2.86. The summed E-state index contributed by atoms with van der Waals surface area (Å²) in [5.74, 6) is 0.0672. The minimum absolute atomic E-state index is 0.0672. The smallest absolute Gasteiger partial charge is 0.265 e. The molecule has 6 heteroatoms. The highest BCUT2D eigenvalue weighted by atomic mass is 32.1. The number of nitrogens with zero attached hydrogens (tertiary/aromatic N) is 4. The summed E-state index contributed by atoms with van der Waals surface area (Å²) in [6.45, 7) is 4.09. The molecule has 17 heavy (non-hydrogen) atoms. The van der Waals surface area contributed by atoms with E-state index in [1.165, 1.54) is 11.5 Å². The Balaban J connectivity index is 1.82. The Kier molecular flexibility index (Phi) is 2.44. The summed E-state index contributed by atoms with van der Waals surface area (Å²) in [6, 6.07) is 3.80. The predicted octanol–water partition coefficient (Wildman–Crippen LogP) is 1.30. The van der Waals surface area contributed by atoms with Crippen LogP contribution in [0, 0.1) is 6.92 Å². The molecule has 0 aromatic carbocycles. The van der Waals surface area contributed by atoms with Gasteiger partial charge in [0.15, 0.2) is 0 Å². The number of carbonyl (C=O) groups is 1. The number of hydrogen-bond acceptors (Lipinski definition) is 4. The van der Waals surface area contributed by atoms with E-state index in [9.17, 15) is 4.79 Å². The first-order valence-electron chi connectivity index (χ1n) is 5.47. The summed E-state index contributed by atoms with van der Waals surface area (Å²) in [4.78, 5) is 14.7. The van der Waals surface area contributed by atoms with Crippen LogP contribution in [0.4, 0.5) is 0 Å². The second-order valence-corrected chi connectivity index (χ2v) is 4.94. The summed E-state index contributed by atoms with van der Waals surface area (Å²) >= 11 is 1.25. The van der Waals surface area contributed by atoms with Crippen molar-refractivity contribution in [3.05, 3.63) is 34.6 Å². The maximum absolute atomic E-state index is 12.1. The molecule has 2 aromatic heterocycles. The Hall–Kier alpha value is -1.69. The Bertz CT molecular complexity index is 546. The third-order valence-corrected chi connectivity index (χ3v) is 3.59. The zero-order valence-electron chi connectivity index (χ0n) is 9.46. The lowest BCUT2D eigenvalue weighted by Gasteiger charge is -2.27. The van der Waals surface area contributed by atoms with Crippen molar-refractivity contribution in [1.82, 2.24) is 19.1 Å². The van der Waals surface area contributed by atoms with E-state index in [1.807, 2.05) is 22.6 Å². The molecular weight excluding hydrogens is 236 g/mol. The van der Waals surface area contributed by atoms with E-state index >= 15 is 0 Å². The van der Waals surface area contributed by atoms with Gasteiger partial charge in [0.05, 0.1) is 24.5 Å². The highest BCUT2D eigenvalue weighted by Crippen LogP contribution is 2.17. The molecule has 3 heterocycles. The summed E-state index contributed by atoms with van der Waals surface area (Å²) in [5, 5.41) is 4.38. The van der Waals surface area contributed by atoms with Crippen LogP contribution in [0.1, 0.15) is 21.1 Å². The van der Waals surface area contributed by atoms with Gasteiger partial charge >= 0.3 is 0 Å². The minimum Gasteiger partial charge on any atom is -0.330 e. The van der Waals surface area contributed by atoms with Gasteiger partial charge in [-0.15, -0.1) is 0 Å². The molecule has 0 bridgehead atoms. The van der Waals surface area contributed by atoms with Gasteiger partial charge in [-0.1, -0.05) is 0 Å². The topological polar surface area (TPSA) is 51.0 Å². The highest BCUT2D eigenvalue weighted by molar-refractivity contribution is 7.08. The van der Waals surface area contributed by atoms with Gasteiger partial charge in [-0.3, -0.25) is 9.48 Å². The molecular formula is C11H12N4OS. The Labute approximate surface area is 103 Å². The quantitative estimate of drug-likeness (QED) is 0.764. The third kappa shape index (κ3) is 1.84. The normalized spacial score (nSPS) is 14.8. The van der Waals surface area contributed by atoms with Crippen molar-refractivity contribution in [3.63, 3.8) is 0 Å². The molecule has 5 nitrogen and oxygen atoms in total. The van der Waals surface area contributed by atoms with Gasteiger partial charge in [-0.2, -0.15) is 5.10 Å². The Morgan fingerprint density at radius 3 is 3.12 bits per heavy atom. The van der Waals surface area contributed by atoms with Crippen molar-refractivity contribution < 1.29 is 4.79 Å². The number of rotatable bonds is 1. The molecule has 1 amide bonds. The van der Waals surface area contributed by atoms with Crippen LogP contribution >= 0.6 is 11.5 Å². The molecule has 0 spiro atoms. The van der Waals surface area contributed by atoms with Gasteiger partial charge in [0.25, 0.3) is 5.91 Å². The summed E-state index contributed by atoms with van der Waals surface area (Å²) < 4.78 is 5.94. The molecule has 0 unspecified atom stereocenters. The van der Waals surface area contributed by atoms with E-state index < -0.39 is 0 Å². The number of carbonyl (C=O) groups excluding carboxylic acids is 1. The van der Waals surface area contributed by atoms with Crippen molar-refractivity contribution in [1.29, 1.82) is 0 Å². The number of hydrogen-bond donors (Lipinski definition) is 0. The van der Waals surface area contributed by atoms with Gasteiger partial charge in [0.2, 0.25) is 0 Å². The lowest BCUT2D eigenvalue weighted by molar-refractivity contribution is 0.0711. The molecule has 1 aliphatic heterocycles. The van der Waals surface area contributed by atoms with Crippen LogP contribution in [0.3, 0.4) is 0 Å². The van der Waals surface area contributed by atoms with Crippen molar-refractivity contribution in [2.24, 2.45) is 0 Å². The molecule has 0 saturated heterocycles. The van der Waals surface area contributed by atoms with Gasteiger partial charge in [-0.25, -0.2) is 4.37 Å². The fourth-order valence-electron chi connectivity index (χ4n) is 2.07. The van der Waals surface area contributed by atoms with E-state index in [-0.39, 0.29) is 5.91 Å². The van der Waals surface area contributed by atoms with Crippen LogP contribution in [-0.2, 0) is 13.1 Å². The number of aromatic nitrogens is 3. The summed E-state index contributed by atoms with van der Waals surface area (Å²) in [6.07, 6.45) is 1.66. The van der Waals surface area contributed by atoms with Gasteiger partial charge < -0.3 is 4.90 Å². The predicted molar refractivity (Wildman–Crippen MR) is 63.8 cm³/mol. The molecule has 0 saturated carbocycles. The van der Waals surface area contributed by atoms with E-state index in [2.05, 4.69) is 9.47 Å². The second-order valence-electron chi connectivity index (χ2n) is 4.10. The van der Waals surface area contributed by atoms with E-state index in [4.69, 9.17) is 0 Å². The lowest BCUT2D eigenvalue weighted by atomic mass is 10.2. The van der Waals surface area contributed by atoms with Crippen molar-refractivity contribution in [2.75, 3.05) is 6.54 Å². The molecule has 0 N–H and O–H groups in total. The van der Waals surface area contributed by atoms with Crippen LogP contribution in [0.5, 0.6) is 0 Å². The largest absolute Gasteiger partial charge is 0.330 e. The number of aryl methyl sites for hydroxylation is 1. The first-order chi connectivity index (χ1) is 8.24. The van der Waals surface area contributed by atoms with E-state index in [0.717, 1.165) is 17.9 Å². The van der Waals surface area contributed by atoms with Crippen molar-refractivity contribution in [2.45, 2.75) is 20.0 Å². The summed E-state index contributed by atoms with van der Waals surface area (Å²) in [5.41, 5.74) is 2.11. The average molecular weight is 248 g/mol. The second kappa shape index (κ2) is 3.96. The first kappa shape index (κ1) is 10.5.